The molecule has 0 atom stereocenters. The van der Waals surface area contributed by atoms with Gasteiger partial charge in [0.1, 0.15) is 11.5 Å². The van der Waals surface area contributed by atoms with Crippen molar-refractivity contribution in [1.29, 1.82) is 0 Å². The molecule has 2 rings (SSSR count). The van der Waals surface area contributed by atoms with E-state index in [4.69, 9.17) is 10.5 Å². The van der Waals surface area contributed by atoms with Gasteiger partial charge in [-0.15, -0.1) is 0 Å². The molecule has 0 aliphatic rings. The highest BCUT2D eigenvalue weighted by atomic mass is 79.9. The summed E-state index contributed by atoms with van der Waals surface area (Å²) in [6.45, 7) is 0. The normalized spacial score (nSPS) is 9.93. The van der Waals surface area contributed by atoms with Crippen LogP contribution in [0.5, 0.6) is 11.5 Å². The molecule has 0 aliphatic heterocycles. The molecule has 1 aromatic heterocycles. The van der Waals surface area contributed by atoms with Crippen molar-refractivity contribution in [2.24, 2.45) is 0 Å². The smallest absolute Gasteiger partial charge is 0.147 e. The molecule has 1 aromatic carbocycles. The zero-order chi connectivity index (χ0) is 10.7. The number of nitrogens with two attached hydrogens (primary N) is 1. The third kappa shape index (κ3) is 2.70. The SMILES string of the molecule is Nc1cncc(Oc2ccc(Br)cc2)c1. The Labute approximate surface area is 96.0 Å². The summed E-state index contributed by atoms with van der Waals surface area (Å²) in [4.78, 5) is 3.94. The Balaban J connectivity index is 2.18. The number of ether oxygens (including phenoxy) is 1. The fraction of sp³-hybridized carbons (Fsp3) is 0. The monoisotopic (exact) mass is 264 g/mol. The Morgan fingerprint density at radius 3 is 2.47 bits per heavy atom. The molecule has 4 heteroatoms. The van der Waals surface area contributed by atoms with E-state index in [9.17, 15) is 0 Å². The van der Waals surface area contributed by atoms with Crippen molar-refractivity contribution in [3.63, 3.8) is 0 Å². The van der Waals surface area contributed by atoms with Crippen LogP contribution in [0.15, 0.2) is 47.2 Å². The topological polar surface area (TPSA) is 48.1 Å². The van der Waals surface area contributed by atoms with Crippen molar-refractivity contribution < 1.29 is 4.74 Å². The summed E-state index contributed by atoms with van der Waals surface area (Å²) >= 11 is 3.35. The van der Waals surface area contributed by atoms with Crippen LogP contribution in [0.4, 0.5) is 5.69 Å². The number of aromatic nitrogens is 1. The third-order valence-corrected chi connectivity index (χ3v) is 2.31. The Kier molecular flexibility index (Phi) is 2.87. The molecule has 1 heterocycles. The van der Waals surface area contributed by atoms with Crippen molar-refractivity contribution >= 4 is 21.6 Å². The van der Waals surface area contributed by atoms with E-state index >= 15 is 0 Å². The lowest BCUT2D eigenvalue weighted by molar-refractivity contribution is 0.480. The maximum absolute atomic E-state index is 5.59. The number of rotatable bonds is 2. The first-order valence-electron chi connectivity index (χ1n) is 4.38. The molecule has 0 fully saturated rings. The zero-order valence-corrected chi connectivity index (χ0v) is 9.44. The number of hydrogen-bond donors (Lipinski definition) is 1. The lowest BCUT2D eigenvalue weighted by Gasteiger charge is -2.05. The molecule has 2 aromatic rings. The third-order valence-electron chi connectivity index (χ3n) is 1.78. The van der Waals surface area contributed by atoms with Crippen LogP contribution in [-0.4, -0.2) is 4.98 Å². The van der Waals surface area contributed by atoms with Crippen LogP contribution in [0, 0.1) is 0 Å². The number of nitrogen functional groups attached to an aromatic ring is 1. The van der Waals surface area contributed by atoms with E-state index < -0.39 is 0 Å². The van der Waals surface area contributed by atoms with Gasteiger partial charge in [0.15, 0.2) is 0 Å². The average molecular weight is 265 g/mol. The van der Waals surface area contributed by atoms with Crippen LogP contribution in [-0.2, 0) is 0 Å². The summed E-state index contributed by atoms with van der Waals surface area (Å²) in [6.07, 6.45) is 3.20. The Morgan fingerprint density at radius 1 is 1.07 bits per heavy atom. The van der Waals surface area contributed by atoms with Gasteiger partial charge in [-0.05, 0) is 24.3 Å². The summed E-state index contributed by atoms with van der Waals surface area (Å²) in [5.41, 5.74) is 6.17. The van der Waals surface area contributed by atoms with Crippen LogP contribution in [0.25, 0.3) is 0 Å². The van der Waals surface area contributed by atoms with Gasteiger partial charge in [-0.1, -0.05) is 15.9 Å². The number of pyridine rings is 1. The second kappa shape index (κ2) is 4.31. The van der Waals surface area contributed by atoms with E-state index in [1.165, 1.54) is 0 Å². The molecule has 0 saturated carbocycles. The van der Waals surface area contributed by atoms with Crippen molar-refractivity contribution in [2.45, 2.75) is 0 Å². The molecule has 76 valence electrons. The van der Waals surface area contributed by atoms with Crippen molar-refractivity contribution in [3.8, 4) is 11.5 Å². The molecule has 2 N–H and O–H groups in total. The van der Waals surface area contributed by atoms with Crippen LogP contribution in [0.3, 0.4) is 0 Å². The maximum atomic E-state index is 5.59. The van der Waals surface area contributed by atoms with E-state index in [1.54, 1.807) is 18.5 Å². The van der Waals surface area contributed by atoms with E-state index in [-0.39, 0.29) is 0 Å². The number of benzene rings is 1. The lowest BCUT2D eigenvalue weighted by Crippen LogP contribution is -1.89. The van der Waals surface area contributed by atoms with Crippen molar-refractivity contribution in [2.75, 3.05) is 5.73 Å². The molecule has 15 heavy (non-hydrogen) atoms. The summed E-state index contributed by atoms with van der Waals surface area (Å²) < 4.78 is 6.57. The quantitative estimate of drug-likeness (QED) is 0.906. The second-order valence-corrected chi connectivity index (χ2v) is 3.93. The minimum Gasteiger partial charge on any atom is -0.456 e. The standard InChI is InChI=1S/C11H9BrN2O/c12-8-1-3-10(4-2-8)15-11-5-9(13)6-14-7-11/h1-7H,13H2. The van der Waals surface area contributed by atoms with Crippen molar-refractivity contribution in [1.82, 2.24) is 4.98 Å². The van der Waals surface area contributed by atoms with Crippen LogP contribution >= 0.6 is 15.9 Å². The highest BCUT2D eigenvalue weighted by molar-refractivity contribution is 9.10. The van der Waals surface area contributed by atoms with Gasteiger partial charge in [0.25, 0.3) is 0 Å². The fourth-order valence-electron chi connectivity index (χ4n) is 1.13. The van der Waals surface area contributed by atoms with E-state index in [0.717, 1.165) is 10.2 Å². The first kappa shape index (κ1) is 9.98. The van der Waals surface area contributed by atoms with Crippen LogP contribution < -0.4 is 10.5 Å². The molecule has 0 bridgehead atoms. The van der Waals surface area contributed by atoms with Gasteiger partial charge in [-0.3, -0.25) is 4.98 Å². The van der Waals surface area contributed by atoms with Crippen LogP contribution in [0.2, 0.25) is 0 Å². The zero-order valence-electron chi connectivity index (χ0n) is 7.85. The Morgan fingerprint density at radius 2 is 1.80 bits per heavy atom. The largest absolute Gasteiger partial charge is 0.456 e. The summed E-state index contributed by atoms with van der Waals surface area (Å²) in [6, 6.07) is 9.29. The van der Waals surface area contributed by atoms with E-state index in [1.807, 2.05) is 24.3 Å². The first-order valence-corrected chi connectivity index (χ1v) is 5.17. The van der Waals surface area contributed by atoms with Gasteiger partial charge >= 0.3 is 0 Å². The Bertz CT molecular complexity index is 456. The molecule has 0 amide bonds. The highest BCUT2D eigenvalue weighted by Crippen LogP contribution is 2.23. The van der Waals surface area contributed by atoms with Gasteiger partial charge < -0.3 is 10.5 Å². The molecule has 3 nitrogen and oxygen atoms in total. The molecular weight excluding hydrogens is 256 g/mol. The minimum absolute atomic E-state index is 0.588. The van der Waals surface area contributed by atoms with Gasteiger partial charge in [0.05, 0.1) is 18.1 Å². The van der Waals surface area contributed by atoms with E-state index in [0.29, 0.717) is 11.4 Å². The Hall–Kier alpha value is -1.55. The number of halogens is 1. The van der Waals surface area contributed by atoms with Crippen molar-refractivity contribution in [3.05, 3.63) is 47.2 Å². The lowest BCUT2D eigenvalue weighted by atomic mass is 10.3. The van der Waals surface area contributed by atoms with Gasteiger partial charge in [-0.25, -0.2) is 0 Å². The summed E-state index contributed by atoms with van der Waals surface area (Å²) in [5, 5.41) is 0. The maximum Gasteiger partial charge on any atom is 0.147 e. The summed E-state index contributed by atoms with van der Waals surface area (Å²) in [5.74, 6) is 1.39. The fourth-order valence-corrected chi connectivity index (χ4v) is 1.39. The molecule has 0 radical (unpaired) electrons. The number of anilines is 1. The van der Waals surface area contributed by atoms with E-state index in [2.05, 4.69) is 20.9 Å². The van der Waals surface area contributed by atoms with Crippen LogP contribution in [0.1, 0.15) is 0 Å². The first-order chi connectivity index (χ1) is 7.24. The minimum atomic E-state index is 0.588. The molecule has 0 unspecified atom stereocenters. The molecular formula is C11H9BrN2O. The molecule has 0 saturated heterocycles. The molecule has 0 spiro atoms. The number of hydrogen-bond acceptors (Lipinski definition) is 3. The average Bonchev–Trinajstić information content (AvgIpc) is 2.22. The molecule has 0 aliphatic carbocycles. The summed E-state index contributed by atoms with van der Waals surface area (Å²) in [7, 11) is 0. The predicted molar refractivity (Wildman–Crippen MR) is 62.9 cm³/mol. The van der Waals surface area contributed by atoms with Gasteiger partial charge in [-0.2, -0.15) is 0 Å². The van der Waals surface area contributed by atoms with Gasteiger partial charge in [0, 0.05) is 10.5 Å². The predicted octanol–water partition coefficient (Wildman–Crippen LogP) is 3.22. The highest BCUT2D eigenvalue weighted by Gasteiger charge is 1.97. The number of nitrogens with zero attached hydrogens (tertiary/aromatic N) is 1. The second-order valence-electron chi connectivity index (χ2n) is 3.01. The van der Waals surface area contributed by atoms with Gasteiger partial charge in [0.2, 0.25) is 0 Å².